The highest BCUT2D eigenvalue weighted by Gasteiger charge is 2.62. The number of nitrogens with zero attached hydrogens (tertiary/aromatic N) is 1. The molecule has 130 valence electrons. The van der Waals surface area contributed by atoms with Gasteiger partial charge in [0.25, 0.3) is 5.91 Å². The van der Waals surface area contributed by atoms with Gasteiger partial charge in [-0.25, -0.2) is 0 Å². The summed E-state index contributed by atoms with van der Waals surface area (Å²) in [7, 11) is 1.92. The molecule has 1 heterocycles. The van der Waals surface area contributed by atoms with Crippen LogP contribution in [0, 0.1) is 34.5 Å². The molecule has 0 spiro atoms. The molecule has 3 aliphatic carbocycles. The monoisotopic (exact) mass is 319 g/mol. The molecule has 3 nitrogen and oxygen atoms in total. The van der Waals surface area contributed by atoms with Crippen LogP contribution in [0.5, 0.6) is 0 Å². The number of piperidine rings is 1. The van der Waals surface area contributed by atoms with Crippen molar-refractivity contribution in [2.45, 2.75) is 77.9 Å². The fourth-order valence-corrected chi connectivity index (χ4v) is 7.55. The first-order valence-corrected chi connectivity index (χ1v) is 9.73. The van der Waals surface area contributed by atoms with Crippen LogP contribution < -0.4 is 0 Å². The van der Waals surface area contributed by atoms with Gasteiger partial charge in [-0.1, -0.05) is 27.2 Å². The van der Waals surface area contributed by atoms with Crippen LogP contribution in [0.3, 0.4) is 0 Å². The molecule has 1 N–H and O–H groups in total. The summed E-state index contributed by atoms with van der Waals surface area (Å²) in [5, 5.41) is 10.4. The molecule has 0 aromatic carbocycles. The second-order valence-corrected chi connectivity index (χ2v) is 9.78. The Hall–Kier alpha value is -0.570. The number of rotatable bonds is 0. The molecule has 4 aliphatic rings. The summed E-state index contributed by atoms with van der Waals surface area (Å²) in [6.45, 7) is 7.35. The second kappa shape index (κ2) is 4.97. The van der Waals surface area contributed by atoms with E-state index >= 15 is 0 Å². The number of carbonyl (C=O) groups excluding carboxylic acids is 1. The minimum Gasteiger partial charge on any atom is -0.383 e. The fourth-order valence-electron chi connectivity index (χ4n) is 7.55. The molecule has 0 bridgehead atoms. The van der Waals surface area contributed by atoms with Crippen molar-refractivity contribution in [3.63, 3.8) is 0 Å². The van der Waals surface area contributed by atoms with Gasteiger partial charge in [0.1, 0.15) is 6.10 Å². The third kappa shape index (κ3) is 2.01. The van der Waals surface area contributed by atoms with Gasteiger partial charge in [-0.3, -0.25) is 4.79 Å². The molecule has 3 heteroatoms. The zero-order valence-electron chi connectivity index (χ0n) is 15.2. The van der Waals surface area contributed by atoms with Gasteiger partial charge in [-0.05, 0) is 73.0 Å². The van der Waals surface area contributed by atoms with Crippen molar-refractivity contribution in [1.82, 2.24) is 4.90 Å². The number of likely N-dealkylation sites (N-methyl/N-ethyl adjacent to an activating group) is 1. The third-order valence-electron chi connectivity index (χ3n) is 8.71. The van der Waals surface area contributed by atoms with Crippen LogP contribution in [0.25, 0.3) is 0 Å². The Bertz CT molecular complexity index is 520. The van der Waals surface area contributed by atoms with Gasteiger partial charge >= 0.3 is 0 Å². The lowest BCUT2D eigenvalue weighted by atomic mass is 9.45. The molecule has 23 heavy (non-hydrogen) atoms. The summed E-state index contributed by atoms with van der Waals surface area (Å²) >= 11 is 0. The van der Waals surface area contributed by atoms with Gasteiger partial charge in [0.05, 0.1) is 0 Å². The molecule has 1 aliphatic heterocycles. The van der Waals surface area contributed by atoms with Crippen molar-refractivity contribution in [2.24, 2.45) is 34.5 Å². The Labute approximate surface area is 140 Å². The zero-order chi connectivity index (χ0) is 16.6. The summed E-state index contributed by atoms with van der Waals surface area (Å²) in [5.41, 5.74) is 0.663. The number of aliphatic hydroxyl groups is 1. The second-order valence-electron chi connectivity index (χ2n) is 9.78. The number of fused-ring (bicyclic) bond motifs is 5. The van der Waals surface area contributed by atoms with Gasteiger partial charge in [0.15, 0.2) is 0 Å². The summed E-state index contributed by atoms with van der Waals surface area (Å²) in [4.78, 5) is 14.2. The van der Waals surface area contributed by atoms with E-state index in [2.05, 4.69) is 20.8 Å². The van der Waals surface area contributed by atoms with Crippen LogP contribution in [-0.2, 0) is 4.79 Å². The summed E-state index contributed by atoms with van der Waals surface area (Å²) < 4.78 is 0. The van der Waals surface area contributed by atoms with E-state index in [0.717, 1.165) is 18.3 Å². The minimum absolute atomic E-state index is 0.0559. The summed E-state index contributed by atoms with van der Waals surface area (Å²) in [5.74, 6) is 2.99. The van der Waals surface area contributed by atoms with Crippen LogP contribution in [0.4, 0.5) is 0 Å². The van der Waals surface area contributed by atoms with E-state index in [1.807, 2.05) is 11.9 Å². The van der Waals surface area contributed by atoms with E-state index in [-0.39, 0.29) is 11.3 Å². The third-order valence-corrected chi connectivity index (χ3v) is 8.71. The Morgan fingerprint density at radius 2 is 1.91 bits per heavy atom. The SMILES string of the molecule is CC1CC2N(C)C(=O)C(O)C[C@]2(C)[C@@H]2CC[C@]3(C)CCC[C@H]3[C@H]12. The molecule has 8 atom stereocenters. The largest absolute Gasteiger partial charge is 0.383 e. The van der Waals surface area contributed by atoms with E-state index in [1.54, 1.807) is 0 Å². The smallest absolute Gasteiger partial charge is 0.251 e. The van der Waals surface area contributed by atoms with E-state index in [4.69, 9.17) is 0 Å². The van der Waals surface area contributed by atoms with Gasteiger partial charge in [0, 0.05) is 13.1 Å². The molecule has 0 radical (unpaired) electrons. The van der Waals surface area contributed by atoms with Crippen molar-refractivity contribution in [3.05, 3.63) is 0 Å². The maximum atomic E-state index is 12.3. The maximum Gasteiger partial charge on any atom is 0.251 e. The highest BCUT2D eigenvalue weighted by Crippen LogP contribution is 2.65. The maximum absolute atomic E-state index is 12.3. The Kier molecular flexibility index (Phi) is 3.44. The molecule has 3 unspecified atom stereocenters. The van der Waals surface area contributed by atoms with Crippen molar-refractivity contribution in [1.29, 1.82) is 0 Å². The minimum atomic E-state index is -0.785. The van der Waals surface area contributed by atoms with Gasteiger partial charge in [-0.15, -0.1) is 0 Å². The lowest BCUT2D eigenvalue weighted by Gasteiger charge is -2.63. The fraction of sp³-hybridized carbons (Fsp3) is 0.950. The van der Waals surface area contributed by atoms with Crippen LogP contribution in [0.2, 0.25) is 0 Å². The van der Waals surface area contributed by atoms with Crippen molar-refractivity contribution in [3.8, 4) is 0 Å². The average Bonchev–Trinajstić information content (AvgIpc) is 2.89. The number of aliphatic hydroxyl groups excluding tert-OH is 1. The van der Waals surface area contributed by atoms with Crippen molar-refractivity contribution in [2.75, 3.05) is 7.05 Å². The van der Waals surface area contributed by atoms with Crippen molar-refractivity contribution < 1.29 is 9.90 Å². The van der Waals surface area contributed by atoms with Crippen molar-refractivity contribution >= 4 is 5.91 Å². The Morgan fingerprint density at radius 3 is 2.65 bits per heavy atom. The number of hydrogen-bond donors (Lipinski definition) is 1. The standard InChI is InChI=1S/C20H33NO2/c1-12-10-16-20(3,11-15(22)18(23)21(16)4)14-7-9-19(2)8-5-6-13(19)17(12)14/h12-17,22H,5-11H2,1-4H3/t12?,13-,14+,15?,16?,17-,19-,20+/m0/s1. The first-order chi connectivity index (χ1) is 10.8. The number of hydrogen-bond acceptors (Lipinski definition) is 2. The van der Waals surface area contributed by atoms with Crippen LogP contribution in [0.15, 0.2) is 0 Å². The highest BCUT2D eigenvalue weighted by molar-refractivity contribution is 5.82. The zero-order valence-corrected chi connectivity index (χ0v) is 15.2. The molecular formula is C20H33NO2. The average molecular weight is 319 g/mol. The molecule has 3 saturated carbocycles. The van der Waals surface area contributed by atoms with Gasteiger partial charge in [-0.2, -0.15) is 0 Å². The quantitative estimate of drug-likeness (QED) is 0.743. The summed E-state index contributed by atoms with van der Waals surface area (Å²) in [6, 6.07) is 0.320. The van der Waals surface area contributed by atoms with E-state index in [9.17, 15) is 9.90 Å². The molecule has 1 amide bonds. The van der Waals surface area contributed by atoms with Gasteiger partial charge in [0.2, 0.25) is 0 Å². The molecule has 4 rings (SSSR count). The van der Waals surface area contributed by atoms with E-state index in [0.29, 0.717) is 29.7 Å². The Morgan fingerprint density at radius 1 is 1.17 bits per heavy atom. The topological polar surface area (TPSA) is 40.5 Å². The molecule has 1 saturated heterocycles. The van der Waals surface area contributed by atoms with Crippen LogP contribution in [0.1, 0.15) is 65.7 Å². The first kappa shape index (κ1) is 15.9. The summed E-state index contributed by atoms with van der Waals surface area (Å²) in [6.07, 6.45) is 7.88. The number of likely N-dealkylation sites (tertiary alicyclic amines) is 1. The van der Waals surface area contributed by atoms with E-state index in [1.165, 1.54) is 32.1 Å². The lowest BCUT2D eigenvalue weighted by molar-refractivity contribution is -0.181. The Balaban J connectivity index is 1.72. The molecular weight excluding hydrogens is 286 g/mol. The normalized spacial score (nSPS) is 56.0. The number of carbonyl (C=O) groups is 1. The molecule has 0 aromatic rings. The predicted octanol–water partition coefficient (Wildman–Crippen LogP) is 3.46. The highest BCUT2D eigenvalue weighted by atomic mass is 16.3. The first-order valence-electron chi connectivity index (χ1n) is 9.73. The lowest BCUT2D eigenvalue weighted by Crippen LogP contribution is -2.65. The van der Waals surface area contributed by atoms with Gasteiger partial charge < -0.3 is 10.0 Å². The predicted molar refractivity (Wildman–Crippen MR) is 90.7 cm³/mol. The number of amides is 1. The van der Waals surface area contributed by atoms with E-state index < -0.39 is 6.10 Å². The van der Waals surface area contributed by atoms with Crippen LogP contribution in [-0.4, -0.2) is 35.1 Å². The van der Waals surface area contributed by atoms with Crippen LogP contribution >= 0.6 is 0 Å². The molecule has 0 aromatic heterocycles. The molecule has 4 fully saturated rings.